The van der Waals surface area contributed by atoms with Crippen LogP contribution in [0.3, 0.4) is 0 Å². The van der Waals surface area contributed by atoms with Gasteiger partial charge in [-0.05, 0) is 18.6 Å². The van der Waals surface area contributed by atoms with E-state index in [1.54, 1.807) is 42.7 Å². The lowest BCUT2D eigenvalue weighted by molar-refractivity contribution is -0.384. The molecular formula is C17H18N2O4S. The van der Waals surface area contributed by atoms with Crippen molar-refractivity contribution in [1.82, 2.24) is 0 Å². The zero-order chi connectivity index (χ0) is 17.5. The molecule has 2 rings (SSSR count). The van der Waals surface area contributed by atoms with Crippen LogP contribution in [0.2, 0.25) is 0 Å². The average Bonchev–Trinajstić information content (AvgIpc) is 2.58. The summed E-state index contributed by atoms with van der Waals surface area (Å²) in [5.41, 5.74) is 0.965. The number of hydrogen-bond acceptors (Lipinski definition) is 5. The molecule has 0 aliphatic rings. The monoisotopic (exact) mass is 346 g/mol. The number of benzene rings is 2. The molecule has 7 heteroatoms. The molecule has 1 N–H and O–H groups in total. The van der Waals surface area contributed by atoms with E-state index in [-0.39, 0.29) is 17.0 Å². The highest BCUT2D eigenvalue weighted by Gasteiger charge is 2.18. The Morgan fingerprint density at radius 3 is 2.50 bits per heavy atom. The highest BCUT2D eigenvalue weighted by Crippen LogP contribution is 2.26. The van der Waals surface area contributed by atoms with Crippen molar-refractivity contribution in [3.05, 3.63) is 69.8 Å². The Morgan fingerprint density at radius 2 is 1.88 bits per heavy atom. The van der Waals surface area contributed by atoms with Gasteiger partial charge in [-0.2, -0.15) is 0 Å². The summed E-state index contributed by atoms with van der Waals surface area (Å²) in [5, 5.41) is 14.2. The smallest absolute Gasteiger partial charge is 0.293 e. The molecule has 0 saturated carbocycles. The summed E-state index contributed by atoms with van der Waals surface area (Å²) < 4.78 is 11.0. The molecule has 0 saturated heterocycles. The van der Waals surface area contributed by atoms with Gasteiger partial charge in [-0.25, -0.2) is 0 Å². The minimum Gasteiger partial charge on any atom is -0.379 e. The fourth-order valence-electron chi connectivity index (χ4n) is 2.23. The van der Waals surface area contributed by atoms with Crippen LogP contribution in [0.5, 0.6) is 0 Å². The van der Waals surface area contributed by atoms with Crippen LogP contribution in [-0.2, 0) is 10.8 Å². The maximum absolute atomic E-state index is 12.4. The first-order chi connectivity index (χ1) is 11.5. The molecule has 0 aromatic heterocycles. The SMILES string of the molecule is CS(=O)CCCNc1ccc(C(=O)c2ccccc2)cc1[N+](=O)[O-]. The summed E-state index contributed by atoms with van der Waals surface area (Å²) in [4.78, 5) is 23.2. The van der Waals surface area contributed by atoms with Crippen LogP contribution in [-0.4, -0.2) is 33.5 Å². The summed E-state index contributed by atoms with van der Waals surface area (Å²) in [6.07, 6.45) is 2.26. The first kappa shape index (κ1) is 17.8. The molecule has 0 aliphatic carbocycles. The number of ketones is 1. The van der Waals surface area contributed by atoms with Crippen LogP contribution < -0.4 is 5.32 Å². The van der Waals surface area contributed by atoms with Crippen molar-refractivity contribution >= 4 is 28.0 Å². The molecular weight excluding hydrogens is 328 g/mol. The number of nitrogens with one attached hydrogen (secondary N) is 1. The quantitative estimate of drug-likeness (QED) is 0.343. The number of carbonyl (C=O) groups excluding carboxylic acids is 1. The van der Waals surface area contributed by atoms with Crippen molar-refractivity contribution in [1.29, 1.82) is 0 Å². The number of nitrogens with zero attached hydrogens (tertiary/aromatic N) is 1. The summed E-state index contributed by atoms with van der Waals surface area (Å²) in [6, 6.07) is 13.0. The largest absolute Gasteiger partial charge is 0.379 e. The van der Waals surface area contributed by atoms with E-state index < -0.39 is 15.7 Å². The van der Waals surface area contributed by atoms with Crippen molar-refractivity contribution in [2.24, 2.45) is 0 Å². The van der Waals surface area contributed by atoms with Gasteiger partial charge in [-0.3, -0.25) is 19.1 Å². The summed E-state index contributed by atoms with van der Waals surface area (Å²) in [7, 11) is -0.887. The van der Waals surface area contributed by atoms with Gasteiger partial charge in [0.15, 0.2) is 5.78 Å². The maximum atomic E-state index is 12.4. The van der Waals surface area contributed by atoms with Crippen molar-refractivity contribution in [3.63, 3.8) is 0 Å². The summed E-state index contributed by atoms with van der Waals surface area (Å²) >= 11 is 0. The van der Waals surface area contributed by atoms with Gasteiger partial charge < -0.3 is 5.32 Å². The normalized spacial score (nSPS) is 11.7. The highest BCUT2D eigenvalue weighted by molar-refractivity contribution is 7.84. The van der Waals surface area contributed by atoms with Crippen LogP contribution in [0.1, 0.15) is 22.3 Å². The Balaban J connectivity index is 2.19. The second kappa shape index (κ2) is 8.35. The molecule has 24 heavy (non-hydrogen) atoms. The Kier molecular flexibility index (Phi) is 6.20. The van der Waals surface area contributed by atoms with E-state index in [2.05, 4.69) is 5.32 Å². The molecule has 0 aliphatic heterocycles. The number of hydrogen-bond donors (Lipinski definition) is 1. The van der Waals surface area contributed by atoms with Crippen LogP contribution in [0.25, 0.3) is 0 Å². The Morgan fingerprint density at radius 1 is 1.17 bits per heavy atom. The fourth-order valence-corrected chi connectivity index (χ4v) is 2.78. The van der Waals surface area contributed by atoms with Crippen molar-refractivity contribution < 1.29 is 13.9 Å². The molecule has 2 aromatic carbocycles. The molecule has 6 nitrogen and oxygen atoms in total. The van der Waals surface area contributed by atoms with E-state index in [1.807, 2.05) is 0 Å². The molecule has 0 fully saturated rings. The summed E-state index contributed by atoms with van der Waals surface area (Å²) in [5.74, 6) is 0.275. The molecule has 0 amide bonds. The van der Waals surface area contributed by atoms with E-state index in [4.69, 9.17) is 0 Å². The second-order valence-corrected chi connectivity index (χ2v) is 6.80. The van der Waals surface area contributed by atoms with Gasteiger partial charge in [-0.15, -0.1) is 0 Å². The predicted octanol–water partition coefficient (Wildman–Crippen LogP) is 3.01. The van der Waals surface area contributed by atoms with Crippen LogP contribution in [0.4, 0.5) is 11.4 Å². The van der Waals surface area contributed by atoms with Gasteiger partial charge in [0.25, 0.3) is 5.69 Å². The molecule has 0 heterocycles. The average molecular weight is 346 g/mol. The Hall–Kier alpha value is -2.54. The van der Waals surface area contributed by atoms with Gasteiger partial charge in [0.1, 0.15) is 5.69 Å². The lowest BCUT2D eigenvalue weighted by Gasteiger charge is -2.08. The molecule has 2 aromatic rings. The van der Waals surface area contributed by atoms with E-state index in [0.717, 1.165) is 0 Å². The lowest BCUT2D eigenvalue weighted by Crippen LogP contribution is -2.09. The minimum absolute atomic E-state index is 0.144. The van der Waals surface area contributed by atoms with Crippen molar-refractivity contribution in [2.45, 2.75) is 6.42 Å². The zero-order valence-electron chi connectivity index (χ0n) is 13.2. The highest BCUT2D eigenvalue weighted by atomic mass is 32.2. The standard InChI is InChI=1S/C17H18N2O4S/c1-24(23)11-5-10-18-15-9-8-14(12-16(15)19(21)22)17(20)13-6-3-2-4-7-13/h2-4,6-9,12,18H,5,10-11H2,1H3. The molecule has 1 atom stereocenters. The van der Waals surface area contributed by atoms with Gasteiger partial charge in [0.05, 0.1) is 4.92 Å². The molecule has 0 radical (unpaired) electrons. The van der Waals surface area contributed by atoms with E-state index in [0.29, 0.717) is 30.0 Å². The third-order valence-electron chi connectivity index (χ3n) is 3.42. The Bertz CT molecular complexity index is 762. The minimum atomic E-state index is -0.887. The summed E-state index contributed by atoms with van der Waals surface area (Å²) in [6.45, 7) is 0.479. The first-order valence-electron chi connectivity index (χ1n) is 7.41. The first-order valence-corrected chi connectivity index (χ1v) is 9.14. The molecule has 0 bridgehead atoms. The van der Waals surface area contributed by atoms with Crippen LogP contribution >= 0.6 is 0 Å². The number of nitro benzene ring substituents is 1. The third-order valence-corrected chi connectivity index (χ3v) is 4.28. The van der Waals surface area contributed by atoms with Crippen LogP contribution in [0.15, 0.2) is 48.5 Å². The van der Waals surface area contributed by atoms with E-state index in [9.17, 15) is 19.1 Å². The second-order valence-electron chi connectivity index (χ2n) is 5.24. The van der Waals surface area contributed by atoms with Gasteiger partial charge >= 0.3 is 0 Å². The third kappa shape index (κ3) is 4.73. The number of anilines is 1. The van der Waals surface area contributed by atoms with Gasteiger partial charge in [0, 0.05) is 46.5 Å². The van der Waals surface area contributed by atoms with E-state index in [1.165, 1.54) is 12.1 Å². The van der Waals surface area contributed by atoms with E-state index >= 15 is 0 Å². The molecule has 1 unspecified atom stereocenters. The van der Waals surface area contributed by atoms with Gasteiger partial charge in [0.2, 0.25) is 0 Å². The lowest BCUT2D eigenvalue weighted by atomic mass is 10.0. The van der Waals surface area contributed by atoms with Crippen molar-refractivity contribution in [3.8, 4) is 0 Å². The predicted molar refractivity (Wildman–Crippen MR) is 95.0 cm³/mol. The Labute approximate surface area is 142 Å². The topological polar surface area (TPSA) is 89.3 Å². The molecule has 0 spiro atoms. The number of nitro groups is 1. The fraction of sp³-hybridized carbons (Fsp3) is 0.235. The number of rotatable bonds is 8. The van der Waals surface area contributed by atoms with Crippen molar-refractivity contribution in [2.75, 3.05) is 23.9 Å². The maximum Gasteiger partial charge on any atom is 0.293 e. The molecule has 126 valence electrons. The number of carbonyl (C=O) groups is 1. The van der Waals surface area contributed by atoms with Crippen LogP contribution in [0, 0.1) is 10.1 Å². The van der Waals surface area contributed by atoms with Gasteiger partial charge in [-0.1, -0.05) is 30.3 Å². The zero-order valence-corrected chi connectivity index (χ0v) is 14.0.